The number of hydrogen-bond donors (Lipinski definition) is 1. The lowest BCUT2D eigenvalue weighted by Gasteiger charge is -2.09. The average molecular weight is 231 g/mol. The molecule has 0 spiro atoms. The van der Waals surface area contributed by atoms with Crippen molar-refractivity contribution in [3.8, 4) is 0 Å². The fraction of sp³-hybridized carbons (Fsp3) is 0.357. The van der Waals surface area contributed by atoms with Crippen LogP contribution < -0.4 is 0 Å². The van der Waals surface area contributed by atoms with Crippen LogP contribution in [-0.2, 0) is 6.54 Å². The van der Waals surface area contributed by atoms with Crippen LogP contribution in [0.15, 0.2) is 24.4 Å². The van der Waals surface area contributed by atoms with E-state index in [-0.39, 0.29) is 0 Å². The predicted molar refractivity (Wildman–Crippen MR) is 68.5 cm³/mol. The van der Waals surface area contributed by atoms with Crippen molar-refractivity contribution >= 4 is 16.9 Å². The van der Waals surface area contributed by atoms with Gasteiger partial charge in [-0.2, -0.15) is 0 Å². The van der Waals surface area contributed by atoms with Crippen LogP contribution in [0.25, 0.3) is 10.9 Å². The molecule has 1 aromatic heterocycles. The van der Waals surface area contributed by atoms with E-state index >= 15 is 0 Å². The molecule has 0 atom stereocenters. The number of carboxylic acids is 1. The Balaban J connectivity index is 2.63. The zero-order chi connectivity index (χ0) is 12.4. The SMILES string of the molecule is CCCCn1ccc2ccc(C)c(C(=O)O)c21. The summed E-state index contributed by atoms with van der Waals surface area (Å²) in [5, 5.41) is 10.3. The Kier molecular flexibility index (Phi) is 3.18. The summed E-state index contributed by atoms with van der Waals surface area (Å²) in [6, 6.07) is 5.84. The molecular weight excluding hydrogens is 214 g/mol. The molecule has 1 heterocycles. The molecule has 0 aliphatic heterocycles. The number of unbranched alkanes of at least 4 members (excludes halogenated alkanes) is 1. The highest BCUT2D eigenvalue weighted by Crippen LogP contribution is 2.24. The lowest BCUT2D eigenvalue weighted by Crippen LogP contribution is -2.05. The minimum Gasteiger partial charge on any atom is -0.478 e. The van der Waals surface area contributed by atoms with E-state index in [4.69, 9.17) is 0 Å². The third-order valence-electron chi connectivity index (χ3n) is 3.11. The van der Waals surface area contributed by atoms with Crippen LogP contribution in [0, 0.1) is 6.92 Å². The molecular formula is C14H17NO2. The number of aromatic carboxylic acids is 1. The molecule has 0 radical (unpaired) electrons. The monoisotopic (exact) mass is 231 g/mol. The van der Waals surface area contributed by atoms with Crippen LogP contribution in [0.4, 0.5) is 0 Å². The van der Waals surface area contributed by atoms with Gasteiger partial charge in [0.25, 0.3) is 0 Å². The average Bonchev–Trinajstić information content (AvgIpc) is 2.68. The summed E-state index contributed by atoms with van der Waals surface area (Å²) in [7, 11) is 0. The number of carboxylic acid groups (broad SMARTS) is 1. The molecule has 3 heteroatoms. The molecule has 0 amide bonds. The van der Waals surface area contributed by atoms with Crippen molar-refractivity contribution in [2.45, 2.75) is 33.2 Å². The highest BCUT2D eigenvalue weighted by Gasteiger charge is 2.15. The van der Waals surface area contributed by atoms with Gasteiger partial charge >= 0.3 is 5.97 Å². The van der Waals surface area contributed by atoms with Crippen LogP contribution in [0.3, 0.4) is 0 Å². The summed E-state index contributed by atoms with van der Waals surface area (Å²) in [5.41, 5.74) is 2.11. The third-order valence-corrected chi connectivity index (χ3v) is 3.11. The van der Waals surface area contributed by atoms with Crippen LogP contribution >= 0.6 is 0 Å². The van der Waals surface area contributed by atoms with E-state index in [1.807, 2.05) is 31.3 Å². The molecule has 0 saturated heterocycles. The van der Waals surface area contributed by atoms with Gasteiger partial charge in [-0.05, 0) is 25.0 Å². The van der Waals surface area contributed by atoms with Crippen molar-refractivity contribution in [1.82, 2.24) is 4.57 Å². The van der Waals surface area contributed by atoms with E-state index in [9.17, 15) is 9.90 Å². The van der Waals surface area contributed by atoms with Gasteiger partial charge in [-0.3, -0.25) is 0 Å². The molecule has 17 heavy (non-hydrogen) atoms. The number of fused-ring (bicyclic) bond motifs is 1. The number of rotatable bonds is 4. The smallest absolute Gasteiger partial charge is 0.338 e. The zero-order valence-electron chi connectivity index (χ0n) is 10.2. The van der Waals surface area contributed by atoms with E-state index in [0.29, 0.717) is 5.56 Å². The predicted octanol–water partition coefficient (Wildman–Crippen LogP) is 3.45. The quantitative estimate of drug-likeness (QED) is 0.875. The van der Waals surface area contributed by atoms with Gasteiger partial charge in [-0.1, -0.05) is 25.5 Å². The summed E-state index contributed by atoms with van der Waals surface area (Å²) in [6.07, 6.45) is 4.15. The Morgan fingerprint density at radius 2 is 2.12 bits per heavy atom. The highest BCUT2D eigenvalue weighted by molar-refractivity contribution is 6.03. The van der Waals surface area contributed by atoms with Crippen molar-refractivity contribution in [3.63, 3.8) is 0 Å². The Labute approximate surface area is 101 Å². The first-order chi connectivity index (χ1) is 8.15. The Morgan fingerprint density at radius 1 is 1.35 bits per heavy atom. The van der Waals surface area contributed by atoms with Crippen molar-refractivity contribution in [3.05, 3.63) is 35.5 Å². The van der Waals surface area contributed by atoms with Crippen LogP contribution in [0.1, 0.15) is 35.7 Å². The van der Waals surface area contributed by atoms with Crippen LogP contribution in [0.5, 0.6) is 0 Å². The molecule has 0 bridgehead atoms. The van der Waals surface area contributed by atoms with Gasteiger partial charge in [0.1, 0.15) is 0 Å². The highest BCUT2D eigenvalue weighted by atomic mass is 16.4. The summed E-state index contributed by atoms with van der Waals surface area (Å²) in [4.78, 5) is 11.3. The van der Waals surface area contributed by atoms with E-state index in [1.54, 1.807) is 0 Å². The first-order valence-electron chi connectivity index (χ1n) is 5.97. The normalized spacial score (nSPS) is 10.9. The van der Waals surface area contributed by atoms with Crippen molar-refractivity contribution in [1.29, 1.82) is 0 Å². The van der Waals surface area contributed by atoms with Gasteiger partial charge in [-0.15, -0.1) is 0 Å². The number of carbonyl (C=O) groups is 1. The third kappa shape index (κ3) is 2.05. The fourth-order valence-corrected chi connectivity index (χ4v) is 2.18. The van der Waals surface area contributed by atoms with Crippen molar-refractivity contribution in [2.24, 2.45) is 0 Å². The first-order valence-corrected chi connectivity index (χ1v) is 5.97. The maximum absolute atomic E-state index is 11.3. The summed E-state index contributed by atoms with van der Waals surface area (Å²) >= 11 is 0. The summed E-state index contributed by atoms with van der Waals surface area (Å²) < 4.78 is 2.05. The second-order valence-corrected chi connectivity index (χ2v) is 4.36. The van der Waals surface area contributed by atoms with E-state index in [0.717, 1.165) is 35.9 Å². The lowest BCUT2D eigenvalue weighted by molar-refractivity contribution is 0.0698. The van der Waals surface area contributed by atoms with Gasteiger partial charge < -0.3 is 9.67 Å². The topological polar surface area (TPSA) is 42.2 Å². The molecule has 2 aromatic rings. The van der Waals surface area contributed by atoms with Gasteiger partial charge in [0, 0.05) is 18.1 Å². The molecule has 0 aliphatic rings. The number of aromatic nitrogens is 1. The zero-order valence-corrected chi connectivity index (χ0v) is 10.2. The van der Waals surface area contributed by atoms with Crippen molar-refractivity contribution < 1.29 is 9.90 Å². The molecule has 90 valence electrons. The largest absolute Gasteiger partial charge is 0.478 e. The minimum absolute atomic E-state index is 0.434. The molecule has 0 unspecified atom stereocenters. The molecule has 0 aliphatic carbocycles. The van der Waals surface area contributed by atoms with E-state index < -0.39 is 5.97 Å². The second-order valence-electron chi connectivity index (χ2n) is 4.36. The minimum atomic E-state index is -0.843. The van der Waals surface area contributed by atoms with E-state index in [1.165, 1.54) is 0 Å². The number of hydrogen-bond acceptors (Lipinski definition) is 1. The van der Waals surface area contributed by atoms with Crippen LogP contribution in [0.2, 0.25) is 0 Å². The van der Waals surface area contributed by atoms with Gasteiger partial charge in [0.05, 0.1) is 11.1 Å². The Morgan fingerprint density at radius 3 is 2.76 bits per heavy atom. The Bertz CT molecular complexity index is 555. The first kappa shape index (κ1) is 11.7. The maximum atomic E-state index is 11.3. The molecule has 0 fully saturated rings. The Hall–Kier alpha value is -1.77. The maximum Gasteiger partial charge on any atom is 0.338 e. The van der Waals surface area contributed by atoms with Crippen LogP contribution in [-0.4, -0.2) is 15.6 Å². The number of benzene rings is 1. The molecule has 1 N–H and O–H groups in total. The van der Waals surface area contributed by atoms with Gasteiger partial charge in [-0.25, -0.2) is 4.79 Å². The van der Waals surface area contributed by atoms with E-state index in [2.05, 4.69) is 11.5 Å². The standard InChI is InChI=1S/C14H17NO2/c1-3-4-8-15-9-7-11-6-5-10(2)12(13(11)15)14(16)17/h5-7,9H,3-4,8H2,1-2H3,(H,16,17). The summed E-state index contributed by atoms with van der Waals surface area (Å²) in [6.45, 7) is 4.86. The second kappa shape index (κ2) is 4.62. The number of aryl methyl sites for hydroxylation is 2. The van der Waals surface area contributed by atoms with Crippen molar-refractivity contribution in [2.75, 3.05) is 0 Å². The number of nitrogens with zero attached hydrogens (tertiary/aromatic N) is 1. The molecule has 1 aromatic carbocycles. The lowest BCUT2D eigenvalue weighted by atomic mass is 10.1. The summed E-state index contributed by atoms with van der Waals surface area (Å²) in [5.74, 6) is -0.843. The molecule has 2 rings (SSSR count). The van der Waals surface area contributed by atoms with Gasteiger partial charge in [0.2, 0.25) is 0 Å². The fourth-order valence-electron chi connectivity index (χ4n) is 2.18. The molecule has 3 nitrogen and oxygen atoms in total. The van der Waals surface area contributed by atoms with Gasteiger partial charge in [0.15, 0.2) is 0 Å². The molecule has 0 saturated carbocycles.